The van der Waals surface area contributed by atoms with Crippen LogP contribution in [0.25, 0.3) is 67.5 Å². The van der Waals surface area contributed by atoms with E-state index >= 15 is 0 Å². The molecule has 0 fully saturated rings. The molecule has 1 radical (unpaired) electrons. The summed E-state index contributed by atoms with van der Waals surface area (Å²) in [6.45, 7) is 0. The zero-order chi connectivity index (χ0) is 35.6. The lowest BCUT2D eigenvalue weighted by Crippen LogP contribution is -2.45. The second-order valence-corrected chi connectivity index (χ2v) is 12.8. The zero-order valence-electron chi connectivity index (χ0n) is 28.7. The number of para-hydroxylation sites is 1. The van der Waals surface area contributed by atoms with E-state index in [0.29, 0.717) is 11.3 Å². The lowest BCUT2D eigenvalue weighted by Gasteiger charge is -2.35. The highest BCUT2D eigenvalue weighted by Crippen LogP contribution is 2.35. The predicted molar refractivity (Wildman–Crippen MR) is 213 cm³/mol. The fourth-order valence-corrected chi connectivity index (χ4v) is 6.82. The average molecular weight is 685 g/mol. The van der Waals surface area contributed by atoms with Crippen LogP contribution in [0.3, 0.4) is 0 Å². The Morgan fingerprint density at radius 3 is 1.02 bits per heavy atom. The van der Waals surface area contributed by atoms with Gasteiger partial charge in [0.15, 0.2) is 0 Å². The molecule has 3 aromatic heterocycles. The Balaban J connectivity index is 1.39. The number of nitrogens with zero attached hydrogens (tertiary/aromatic N) is 6. The Kier molecular flexibility index (Phi) is 8.30. The van der Waals surface area contributed by atoms with E-state index in [0.717, 1.165) is 56.3 Å². The number of hydrogen-bond donors (Lipinski definition) is 1. The molecule has 53 heavy (non-hydrogen) atoms. The number of rotatable bonds is 9. The molecule has 0 bridgehead atoms. The van der Waals surface area contributed by atoms with Gasteiger partial charge in [0.25, 0.3) is 7.12 Å². The number of aromatic hydroxyl groups is 1. The minimum absolute atomic E-state index is 0.152. The van der Waals surface area contributed by atoms with Crippen LogP contribution in [0.2, 0.25) is 0 Å². The zero-order valence-corrected chi connectivity index (χ0v) is 28.7. The van der Waals surface area contributed by atoms with Gasteiger partial charge in [0, 0.05) is 33.8 Å². The van der Waals surface area contributed by atoms with Gasteiger partial charge in [-0.05, 0) is 47.0 Å². The first kappa shape index (κ1) is 31.8. The predicted octanol–water partition coefficient (Wildman–Crippen LogP) is 9.91. The standard InChI is InChI=1S/C45H33BN6O/c53-45-29-17-16-28-38(45)41-32-44(37-26-14-5-15-27-37)52(49-41)46(50-42(35-22-10-3-11-23-35)30-39(47-50)33-18-6-1-7-19-33)51-43(36-24-12-4-13-25-36)31-40(48-51)34-20-8-2-9-21-34/h1-32,53H/q-1. The molecular weight excluding hydrogens is 651 g/mol. The summed E-state index contributed by atoms with van der Waals surface area (Å²) in [6, 6.07) is 64.9. The minimum atomic E-state index is -0.745. The molecular formula is C45H33BN6O-. The van der Waals surface area contributed by atoms with Gasteiger partial charge >= 0.3 is 0 Å². The molecule has 0 amide bonds. The summed E-state index contributed by atoms with van der Waals surface area (Å²) in [5, 5.41) is 27.2. The van der Waals surface area contributed by atoms with Gasteiger partial charge in [0.05, 0.1) is 17.1 Å². The Morgan fingerprint density at radius 2 is 0.642 bits per heavy atom. The van der Waals surface area contributed by atoms with Gasteiger partial charge in [-0.3, -0.25) is 0 Å². The summed E-state index contributed by atoms with van der Waals surface area (Å²) >= 11 is 0. The van der Waals surface area contributed by atoms with E-state index in [1.807, 2.05) is 129 Å². The molecule has 0 aliphatic rings. The molecule has 0 aliphatic heterocycles. The van der Waals surface area contributed by atoms with Crippen molar-refractivity contribution in [3.8, 4) is 73.3 Å². The highest BCUT2D eigenvalue weighted by molar-refractivity contribution is 6.54. The minimum Gasteiger partial charge on any atom is -0.507 e. The van der Waals surface area contributed by atoms with Crippen LogP contribution in [0, 0.1) is 0 Å². The molecule has 0 saturated heterocycles. The van der Waals surface area contributed by atoms with Crippen LogP contribution in [0.5, 0.6) is 5.75 Å². The maximum atomic E-state index is 11.1. The van der Waals surface area contributed by atoms with Crippen LogP contribution in [0.15, 0.2) is 194 Å². The van der Waals surface area contributed by atoms with Crippen LogP contribution in [0.1, 0.15) is 0 Å². The molecule has 1 N–H and O–H groups in total. The first-order valence-electron chi connectivity index (χ1n) is 17.6. The lowest BCUT2D eigenvalue weighted by molar-refractivity contribution is 0.477. The van der Waals surface area contributed by atoms with Gasteiger partial charge in [-0.15, -0.1) is 0 Å². The Hall–Kier alpha value is -7.19. The van der Waals surface area contributed by atoms with Crippen LogP contribution in [0.4, 0.5) is 0 Å². The first-order valence-corrected chi connectivity index (χ1v) is 17.6. The first-order chi connectivity index (χ1) is 26.2. The lowest BCUT2D eigenvalue weighted by atomic mass is 9.90. The van der Waals surface area contributed by atoms with E-state index < -0.39 is 7.12 Å². The molecule has 253 valence electrons. The summed E-state index contributed by atoms with van der Waals surface area (Å²) in [7, 11) is -0.745. The summed E-state index contributed by atoms with van der Waals surface area (Å²) in [6.07, 6.45) is 0. The summed E-state index contributed by atoms with van der Waals surface area (Å²) < 4.78 is 6.04. The van der Waals surface area contributed by atoms with Gasteiger partial charge < -0.3 is 18.9 Å². The Labute approximate surface area is 307 Å². The molecule has 0 unspecified atom stereocenters. The number of aromatic nitrogens is 6. The quantitative estimate of drug-likeness (QED) is 0.154. The number of benzene rings is 6. The van der Waals surface area contributed by atoms with E-state index in [4.69, 9.17) is 15.3 Å². The molecule has 3 heterocycles. The van der Waals surface area contributed by atoms with Crippen molar-refractivity contribution < 1.29 is 5.11 Å². The van der Waals surface area contributed by atoms with Gasteiger partial charge in [-0.25, -0.2) is 15.3 Å². The molecule has 9 aromatic rings. The van der Waals surface area contributed by atoms with Crippen molar-refractivity contribution in [2.45, 2.75) is 0 Å². The molecule has 0 atom stereocenters. The molecule has 9 rings (SSSR count). The molecule has 0 aliphatic carbocycles. The highest BCUT2D eigenvalue weighted by Gasteiger charge is 2.25. The largest absolute Gasteiger partial charge is 0.507 e. The topological polar surface area (TPSA) is 73.7 Å². The van der Waals surface area contributed by atoms with E-state index in [1.165, 1.54) is 0 Å². The summed E-state index contributed by atoms with van der Waals surface area (Å²) in [4.78, 5) is 0. The molecule has 7 nitrogen and oxygen atoms in total. The number of hydrogen-bond acceptors (Lipinski definition) is 4. The van der Waals surface area contributed by atoms with Crippen LogP contribution in [-0.4, -0.2) is 41.3 Å². The second-order valence-electron chi connectivity index (χ2n) is 12.8. The SMILES string of the molecule is Oc1ccccc1-c1cc(-c2ccccc2)n([B-](n2nc(-c3ccccc3)cc2-c2ccccc2)n2nc(-c3ccccc3)cc2-c2ccccc2)n1. The van der Waals surface area contributed by atoms with Gasteiger partial charge in [-0.1, -0.05) is 164 Å². The molecule has 0 spiro atoms. The highest BCUT2D eigenvalue weighted by atomic mass is 16.3. The smallest absolute Gasteiger partial charge is 0.262 e. The van der Waals surface area contributed by atoms with Crippen LogP contribution in [-0.2, 0) is 0 Å². The van der Waals surface area contributed by atoms with Crippen molar-refractivity contribution in [2.75, 3.05) is 0 Å². The van der Waals surface area contributed by atoms with Crippen molar-refractivity contribution in [3.05, 3.63) is 194 Å². The van der Waals surface area contributed by atoms with E-state index in [2.05, 4.69) is 72.8 Å². The number of phenolic OH excluding ortho intramolecular Hbond substituents is 1. The fraction of sp³-hybridized carbons (Fsp3) is 0. The fourth-order valence-electron chi connectivity index (χ4n) is 6.82. The Bertz CT molecular complexity index is 2500. The van der Waals surface area contributed by atoms with Crippen molar-refractivity contribution >= 4 is 7.12 Å². The van der Waals surface area contributed by atoms with E-state index in [9.17, 15) is 5.11 Å². The molecule has 6 aromatic carbocycles. The average Bonchev–Trinajstić information content (AvgIpc) is 3.99. The summed E-state index contributed by atoms with van der Waals surface area (Å²) in [5.74, 6) is 0.152. The van der Waals surface area contributed by atoms with Crippen LogP contribution >= 0.6 is 0 Å². The van der Waals surface area contributed by atoms with Crippen LogP contribution < -0.4 is 0 Å². The second kappa shape index (κ2) is 13.9. The van der Waals surface area contributed by atoms with Crippen molar-refractivity contribution in [1.29, 1.82) is 0 Å². The van der Waals surface area contributed by atoms with Crippen molar-refractivity contribution in [2.24, 2.45) is 0 Å². The third-order valence-electron chi connectivity index (χ3n) is 9.39. The molecule has 0 saturated carbocycles. The van der Waals surface area contributed by atoms with Gasteiger partial charge in [-0.2, -0.15) is 0 Å². The maximum absolute atomic E-state index is 11.1. The van der Waals surface area contributed by atoms with E-state index in [-0.39, 0.29) is 5.75 Å². The van der Waals surface area contributed by atoms with Crippen molar-refractivity contribution in [3.63, 3.8) is 0 Å². The normalized spacial score (nSPS) is 11.3. The van der Waals surface area contributed by atoms with Gasteiger partial charge in [0.1, 0.15) is 5.75 Å². The Morgan fingerprint density at radius 1 is 0.340 bits per heavy atom. The summed E-state index contributed by atoms with van der Waals surface area (Å²) in [5.41, 5.74) is 10.5. The monoisotopic (exact) mass is 684 g/mol. The maximum Gasteiger partial charge on any atom is 0.262 e. The van der Waals surface area contributed by atoms with Gasteiger partial charge in [0.2, 0.25) is 0 Å². The number of phenols is 1. The third-order valence-corrected chi connectivity index (χ3v) is 9.39. The molecule has 8 heteroatoms. The third kappa shape index (κ3) is 6.12. The van der Waals surface area contributed by atoms with Crippen molar-refractivity contribution in [1.82, 2.24) is 29.1 Å². The van der Waals surface area contributed by atoms with E-state index in [1.54, 1.807) is 6.07 Å².